The molecule has 2 N–H and O–H groups in total. The van der Waals surface area contributed by atoms with E-state index in [-0.39, 0.29) is 0 Å². The summed E-state index contributed by atoms with van der Waals surface area (Å²) in [5.41, 5.74) is 0. The number of carbonyl (C=O) groups is 1. The van der Waals surface area contributed by atoms with Crippen molar-refractivity contribution in [3.8, 4) is 0 Å². The van der Waals surface area contributed by atoms with Crippen molar-refractivity contribution < 1.29 is 13.2 Å². The first-order valence-electron chi connectivity index (χ1n) is 4.15. The first-order valence-corrected chi connectivity index (χ1v) is 5.75. The molecule has 0 aliphatic rings. The minimum atomic E-state index is -3.76. The molecule has 1 unspecified atom stereocenters. The number of nitrogens with zero attached hydrogens (tertiary/aromatic N) is 1. The maximum atomic E-state index is 11.4. The maximum Gasteiger partial charge on any atom is 0.242 e. The van der Waals surface area contributed by atoms with Gasteiger partial charge < -0.3 is 4.90 Å². The Balaban J connectivity index is 4.60. The molecule has 0 aliphatic carbocycles. The summed E-state index contributed by atoms with van der Waals surface area (Å²) in [4.78, 5) is 12.9. The summed E-state index contributed by atoms with van der Waals surface area (Å²) < 4.78 is 21.7. The Morgan fingerprint density at radius 3 is 2.00 bits per heavy atom. The Labute approximate surface area is 79.0 Å². The first-order chi connectivity index (χ1) is 5.84. The zero-order chi connectivity index (χ0) is 10.6. The molecular formula is C7H16N2O3S. The van der Waals surface area contributed by atoms with Crippen LogP contribution in [0.3, 0.4) is 0 Å². The topological polar surface area (TPSA) is 80.5 Å². The minimum absolute atomic E-state index is 0.437. The average molecular weight is 208 g/mol. The van der Waals surface area contributed by atoms with Crippen LogP contribution in [0.2, 0.25) is 0 Å². The molecule has 0 aromatic heterocycles. The summed E-state index contributed by atoms with van der Waals surface area (Å²) in [5, 5.41) is 3.71. The van der Waals surface area contributed by atoms with Gasteiger partial charge in [-0.25, -0.2) is 13.6 Å². The number of amides is 1. The van der Waals surface area contributed by atoms with Gasteiger partial charge in [-0.2, -0.15) is 0 Å². The molecule has 0 rings (SSSR count). The summed E-state index contributed by atoms with van der Waals surface area (Å²) in [5.74, 6) is -0.437. The Hall–Kier alpha value is -0.620. The standard InChI is InChI=1S/C7H16N2O3S/c1-4-9(5-2)7(10)6(3)13(8,11)12/h6H,4-5H2,1-3H3,(H2,8,11,12). The van der Waals surface area contributed by atoms with Crippen molar-refractivity contribution in [2.75, 3.05) is 13.1 Å². The van der Waals surface area contributed by atoms with Crippen molar-refractivity contribution in [3.05, 3.63) is 0 Å². The largest absolute Gasteiger partial charge is 0.342 e. The second-order valence-electron chi connectivity index (χ2n) is 2.74. The molecule has 0 heterocycles. The maximum absolute atomic E-state index is 11.4. The number of primary sulfonamides is 1. The van der Waals surface area contributed by atoms with Crippen molar-refractivity contribution >= 4 is 15.9 Å². The first kappa shape index (κ1) is 12.4. The van der Waals surface area contributed by atoms with E-state index in [0.717, 1.165) is 0 Å². The van der Waals surface area contributed by atoms with E-state index >= 15 is 0 Å². The number of rotatable bonds is 4. The molecule has 5 nitrogen and oxygen atoms in total. The SMILES string of the molecule is CCN(CC)C(=O)C(C)S(N)(=O)=O. The Morgan fingerprint density at radius 1 is 1.38 bits per heavy atom. The molecule has 0 saturated heterocycles. The predicted octanol–water partition coefficient (Wildman–Crippen LogP) is -0.468. The lowest BCUT2D eigenvalue weighted by Crippen LogP contribution is -2.43. The highest BCUT2D eigenvalue weighted by Gasteiger charge is 2.27. The van der Waals surface area contributed by atoms with E-state index in [2.05, 4.69) is 0 Å². The molecule has 0 radical (unpaired) electrons. The van der Waals surface area contributed by atoms with Gasteiger partial charge in [-0.15, -0.1) is 0 Å². The molecule has 1 atom stereocenters. The Bertz CT molecular complexity index is 269. The molecule has 6 heteroatoms. The van der Waals surface area contributed by atoms with Crippen LogP contribution in [0.4, 0.5) is 0 Å². The fraction of sp³-hybridized carbons (Fsp3) is 0.857. The molecule has 78 valence electrons. The third-order valence-corrected chi connectivity index (χ3v) is 3.10. The summed E-state index contributed by atoms with van der Waals surface area (Å²) >= 11 is 0. The number of hydrogen-bond acceptors (Lipinski definition) is 3. The van der Waals surface area contributed by atoms with E-state index in [1.54, 1.807) is 13.8 Å². The second kappa shape index (κ2) is 4.57. The van der Waals surface area contributed by atoms with E-state index in [0.29, 0.717) is 13.1 Å². The molecule has 0 fully saturated rings. The Morgan fingerprint density at radius 2 is 1.77 bits per heavy atom. The van der Waals surface area contributed by atoms with Crippen molar-refractivity contribution in [1.29, 1.82) is 0 Å². The summed E-state index contributed by atoms with van der Waals surface area (Å²) in [7, 11) is -3.76. The molecule has 0 aromatic carbocycles. The van der Waals surface area contributed by atoms with Gasteiger partial charge in [0.2, 0.25) is 15.9 Å². The van der Waals surface area contributed by atoms with E-state index in [4.69, 9.17) is 5.14 Å². The molecule has 0 aliphatic heterocycles. The molecular weight excluding hydrogens is 192 g/mol. The molecule has 1 amide bonds. The van der Waals surface area contributed by atoms with Crippen LogP contribution >= 0.6 is 0 Å². The molecule has 0 spiro atoms. The van der Waals surface area contributed by atoms with Gasteiger partial charge in [0.25, 0.3) is 0 Å². The van der Waals surface area contributed by atoms with Crippen LogP contribution in [0.1, 0.15) is 20.8 Å². The number of hydrogen-bond donors (Lipinski definition) is 1. The van der Waals surface area contributed by atoms with Crippen LogP contribution in [-0.4, -0.2) is 37.6 Å². The van der Waals surface area contributed by atoms with Crippen molar-refractivity contribution in [3.63, 3.8) is 0 Å². The highest BCUT2D eigenvalue weighted by atomic mass is 32.2. The minimum Gasteiger partial charge on any atom is -0.342 e. The van der Waals surface area contributed by atoms with Crippen molar-refractivity contribution in [1.82, 2.24) is 4.90 Å². The lowest BCUT2D eigenvalue weighted by Gasteiger charge is -2.21. The van der Waals surface area contributed by atoms with E-state index in [1.165, 1.54) is 11.8 Å². The van der Waals surface area contributed by atoms with E-state index in [1.807, 2.05) is 0 Å². The predicted molar refractivity (Wildman–Crippen MR) is 50.5 cm³/mol. The van der Waals surface area contributed by atoms with Crippen LogP contribution in [0.15, 0.2) is 0 Å². The fourth-order valence-corrected chi connectivity index (χ4v) is 1.36. The number of sulfonamides is 1. The summed E-state index contributed by atoms with van der Waals surface area (Å²) in [6.07, 6.45) is 0. The van der Waals surface area contributed by atoms with Gasteiger partial charge in [0, 0.05) is 13.1 Å². The molecule has 0 aromatic rings. The van der Waals surface area contributed by atoms with Crippen LogP contribution in [-0.2, 0) is 14.8 Å². The van der Waals surface area contributed by atoms with Crippen molar-refractivity contribution in [2.45, 2.75) is 26.0 Å². The lowest BCUT2D eigenvalue weighted by atomic mass is 10.4. The quantitative estimate of drug-likeness (QED) is 0.678. The van der Waals surface area contributed by atoms with Crippen LogP contribution in [0, 0.1) is 0 Å². The highest BCUT2D eigenvalue weighted by molar-refractivity contribution is 7.90. The average Bonchev–Trinajstić information content (AvgIpc) is 2.03. The van der Waals surface area contributed by atoms with Gasteiger partial charge in [0.05, 0.1) is 0 Å². The molecule has 0 bridgehead atoms. The van der Waals surface area contributed by atoms with Crippen LogP contribution in [0.5, 0.6) is 0 Å². The highest BCUT2D eigenvalue weighted by Crippen LogP contribution is 2.01. The van der Waals surface area contributed by atoms with Gasteiger partial charge in [-0.3, -0.25) is 4.79 Å². The van der Waals surface area contributed by atoms with Gasteiger partial charge >= 0.3 is 0 Å². The van der Waals surface area contributed by atoms with Crippen LogP contribution < -0.4 is 5.14 Å². The third kappa shape index (κ3) is 3.31. The third-order valence-electron chi connectivity index (χ3n) is 1.92. The molecule has 0 saturated carbocycles. The zero-order valence-electron chi connectivity index (χ0n) is 8.15. The zero-order valence-corrected chi connectivity index (χ0v) is 8.97. The molecule has 13 heavy (non-hydrogen) atoms. The van der Waals surface area contributed by atoms with Gasteiger partial charge in [0.1, 0.15) is 0 Å². The Kier molecular flexibility index (Phi) is 4.35. The van der Waals surface area contributed by atoms with Crippen LogP contribution in [0.25, 0.3) is 0 Å². The number of nitrogens with two attached hydrogens (primary N) is 1. The summed E-state index contributed by atoms with van der Waals surface area (Å²) in [6.45, 7) is 5.87. The normalized spacial score (nSPS) is 13.8. The monoisotopic (exact) mass is 208 g/mol. The van der Waals surface area contributed by atoms with Gasteiger partial charge in [-0.05, 0) is 20.8 Å². The lowest BCUT2D eigenvalue weighted by molar-refractivity contribution is -0.130. The second-order valence-corrected chi connectivity index (χ2v) is 4.63. The van der Waals surface area contributed by atoms with E-state index in [9.17, 15) is 13.2 Å². The van der Waals surface area contributed by atoms with Gasteiger partial charge in [0.15, 0.2) is 5.25 Å². The fourth-order valence-electron chi connectivity index (χ4n) is 0.933. The summed E-state index contributed by atoms with van der Waals surface area (Å²) in [6, 6.07) is 0. The van der Waals surface area contributed by atoms with Crippen molar-refractivity contribution in [2.24, 2.45) is 5.14 Å². The number of carbonyl (C=O) groups excluding carboxylic acids is 1. The van der Waals surface area contributed by atoms with Gasteiger partial charge in [-0.1, -0.05) is 0 Å². The van der Waals surface area contributed by atoms with E-state index < -0.39 is 21.2 Å². The smallest absolute Gasteiger partial charge is 0.242 e.